The van der Waals surface area contributed by atoms with Crippen molar-refractivity contribution >= 4 is 43.5 Å². The quantitative estimate of drug-likeness (QED) is 0.571. The first-order chi connectivity index (χ1) is 12.0. The summed E-state index contributed by atoms with van der Waals surface area (Å²) < 4.78 is 6.76. The molecule has 8 heteroatoms. The van der Waals surface area contributed by atoms with Crippen LogP contribution in [0, 0.1) is 11.3 Å². The molecule has 25 heavy (non-hydrogen) atoms. The summed E-state index contributed by atoms with van der Waals surface area (Å²) in [4.78, 5) is 11.8. The van der Waals surface area contributed by atoms with Crippen LogP contribution in [0.5, 0.6) is 5.75 Å². The van der Waals surface area contributed by atoms with Gasteiger partial charge in [0, 0.05) is 15.7 Å². The smallest absolute Gasteiger partial charge is 0.330 e. The van der Waals surface area contributed by atoms with Crippen LogP contribution in [-0.4, -0.2) is 29.4 Å². The molecule has 0 fully saturated rings. The molecule has 0 spiro atoms. The summed E-state index contributed by atoms with van der Waals surface area (Å²) >= 11 is 6.70. The molecule has 2 aromatic carbocycles. The molecule has 6 nitrogen and oxygen atoms in total. The van der Waals surface area contributed by atoms with Crippen LogP contribution in [0.15, 0.2) is 45.3 Å². The van der Waals surface area contributed by atoms with Gasteiger partial charge in [-0.2, -0.15) is 5.26 Å². The van der Waals surface area contributed by atoms with Crippen molar-refractivity contribution < 1.29 is 19.7 Å². The maximum absolute atomic E-state index is 11.8. The van der Waals surface area contributed by atoms with Crippen molar-refractivity contribution in [2.45, 2.75) is 6.04 Å². The molecule has 0 radical (unpaired) electrons. The lowest BCUT2D eigenvalue weighted by atomic mass is 10.0. The number of aliphatic hydroxyl groups is 1. The monoisotopic (exact) mass is 468 g/mol. The lowest BCUT2D eigenvalue weighted by Gasteiger charge is -2.21. The lowest BCUT2D eigenvalue weighted by molar-refractivity contribution is -0.138. The number of nitriles is 1. The van der Waals surface area contributed by atoms with E-state index in [1.165, 1.54) is 0 Å². The number of rotatable bonds is 7. The number of carboxylic acid groups (broad SMARTS) is 1. The Labute approximate surface area is 161 Å². The fraction of sp³-hybridized carbons (Fsp3) is 0.176. The standard InChI is InChI=1S/C17H14Br2N2O4/c18-11-7-13(16(14(19)8-11)25-6-5-22)15(17(23)24)21-12-3-1-10(9-20)2-4-12/h1-4,7-8,15,21-22H,5-6H2,(H,23,24). The molecule has 130 valence electrons. The van der Waals surface area contributed by atoms with Crippen molar-refractivity contribution in [2.75, 3.05) is 18.5 Å². The van der Waals surface area contributed by atoms with Gasteiger partial charge in [0.2, 0.25) is 0 Å². The van der Waals surface area contributed by atoms with E-state index < -0.39 is 12.0 Å². The van der Waals surface area contributed by atoms with E-state index in [4.69, 9.17) is 15.1 Å². The van der Waals surface area contributed by atoms with Gasteiger partial charge >= 0.3 is 5.97 Å². The molecule has 0 saturated carbocycles. The second kappa shape index (κ2) is 8.85. The fourth-order valence-corrected chi connectivity index (χ4v) is 3.55. The number of halogens is 2. The predicted molar refractivity (Wildman–Crippen MR) is 99.6 cm³/mol. The van der Waals surface area contributed by atoms with Crippen molar-refractivity contribution in [1.29, 1.82) is 5.26 Å². The number of hydrogen-bond donors (Lipinski definition) is 3. The van der Waals surface area contributed by atoms with Gasteiger partial charge in [0.25, 0.3) is 0 Å². The number of aliphatic carboxylic acids is 1. The van der Waals surface area contributed by atoms with Crippen molar-refractivity contribution in [1.82, 2.24) is 0 Å². The van der Waals surface area contributed by atoms with Gasteiger partial charge in [-0.05, 0) is 52.3 Å². The normalized spacial score (nSPS) is 11.4. The summed E-state index contributed by atoms with van der Waals surface area (Å²) in [7, 11) is 0. The second-order valence-electron chi connectivity index (χ2n) is 4.98. The zero-order chi connectivity index (χ0) is 18.4. The molecule has 2 rings (SSSR count). The van der Waals surface area contributed by atoms with Crippen LogP contribution in [0.4, 0.5) is 5.69 Å². The van der Waals surface area contributed by atoms with Gasteiger partial charge in [-0.3, -0.25) is 0 Å². The molecule has 0 bridgehead atoms. The molecule has 0 aromatic heterocycles. The third-order valence-electron chi connectivity index (χ3n) is 3.26. The molecule has 0 aliphatic heterocycles. The summed E-state index contributed by atoms with van der Waals surface area (Å²) in [5.41, 5.74) is 1.43. The highest BCUT2D eigenvalue weighted by atomic mass is 79.9. The lowest BCUT2D eigenvalue weighted by Crippen LogP contribution is -2.22. The number of carbonyl (C=O) groups is 1. The molecule has 0 saturated heterocycles. The number of benzene rings is 2. The highest BCUT2D eigenvalue weighted by Crippen LogP contribution is 2.37. The molecule has 0 heterocycles. The van der Waals surface area contributed by atoms with Crippen LogP contribution in [0.3, 0.4) is 0 Å². The summed E-state index contributed by atoms with van der Waals surface area (Å²) in [5, 5.41) is 30.4. The van der Waals surface area contributed by atoms with E-state index in [1.807, 2.05) is 6.07 Å². The first-order valence-electron chi connectivity index (χ1n) is 7.18. The van der Waals surface area contributed by atoms with E-state index in [0.29, 0.717) is 31.5 Å². The summed E-state index contributed by atoms with van der Waals surface area (Å²) in [6.07, 6.45) is 0. The maximum atomic E-state index is 11.8. The number of ether oxygens (including phenoxy) is 1. The fourth-order valence-electron chi connectivity index (χ4n) is 2.17. The topological polar surface area (TPSA) is 103 Å². The van der Waals surface area contributed by atoms with Gasteiger partial charge in [-0.25, -0.2) is 4.79 Å². The zero-order valence-corrected chi connectivity index (χ0v) is 16.0. The van der Waals surface area contributed by atoms with E-state index in [9.17, 15) is 9.90 Å². The average Bonchev–Trinajstić information content (AvgIpc) is 2.58. The van der Waals surface area contributed by atoms with Crippen molar-refractivity contribution in [3.63, 3.8) is 0 Å². The van der Waals surface area contributed by atoms with Gasteiger partial charge in [-0.1, -0.05) is 15.9 Å². The Balaban J connectivity index is 2.42. The Hall–Kier alpha value is -2.08. The highest BCUT2D eigenvalue weighted by molar-refractivity contribution is 9.11. The minimum atomic E-state index is -1.09. The number of nitrogens with zero attached hydrogens (tertiary/aromatic N) is 1. The van der Waals surface area contributed by atoms with E-state index in [0.717, 1.165) is 0 Å². The van der Waals surface area contributed by atoms with Crippen molar-refractivity contribution in [3.8, 4) is 11.8 Å². The molecule has 2 aromatic rings. The Morgan fingerprint density at radius 2 is 1.96 bits per heavy atom. The van der Waals surface area contributed by atoms with Gasteiger partial charge in [0.1, 0.15) is 12.4 Å². The zero-order valence-electron chi connectivity index (χ0n) is 12.9. The van der Waals surface area contributed by atoms with Gasteiger partial charge in [0.05, 0.1) is 22.7 Å². The Kier molecular flexibility index (Phi) is 6.82. The van der Waals surface area contributed by atoms with Gasteiger partial charge in [-0.15, -0.1) is 0 Å². The van der Waals surface area contributed by atoms with E-state index in [1.54, 1.807) is 36.4 Å². The largest absolute Gasteiger partial charge is 0.490 e. The van der Waals surface area contributed by atoms with Gasteiger partial charge in [0.15, 0.2) is 6.04 Å². The van der Waals surface area contributed by atoms with E-state index in [2.05, 4.69) is 37.2 Å². The molecule has 0 aliphatic rings. The van der Waals surface area contributed by atoms with Crippen molar-refractivity contribution in [3.05, 3.63) is 56.5 Å². The maximum Gasteiger partial charge on any atom is 0.330 e. The number of anilines is 1. The van der Waals surface area contributed by atoms with Crippen molar-refractivity contribution in [2.24, 2.45) is 0 Å². The number of carboxylic acids is 1. The first kappa shape index (κ1) is 19.2. The van der Waals surface area contributed by atoms with Crippen LogP contribution in [0.2, 0.25) is 0 Å². The molecule has 3 N–H and O–H groups in total. The highest BCUT2D eigenvalue weighted by Gasteiger charge is 2.26. The number of hydrogen-bond acceptors (Lipinski definition) is 5. The Bertz CT molecular complexity index is 804. The van der Waals surface area contributed by atoms with Crippen LogP contribution < -0.4 is 10.1 Å². The molecule has 0 aliphatic carbocycles. The summed E-state index contributed by atoms with van der Waals surface area (Å²) in [6.45, 7) is -0.154. The van der Waals surface area contributed by atoms with E-state index >= 15 is 0 Å². The van der Waals surface area contributed by atoms with Crippen LogP contribution >= 0.6 is 31.9 Å². The molecule has 0 amide bonds. The van der Waals surface area contributed by atoms with Crippen LogP contribution in [-0.2, 0) is 4.79 Å². The van der Waals surface area contributed by atoms with E-state index in [-0.39, 0.29) is 13.2 Å². The minimum absolute atomic E-state index is 0.0381. The minimum Gasteiger partial charge on any atom is -0.490 e. The third-order valence-corrected chi connectivity index (χ3v) is 4.30. The van der Waals surface area contributed by atoms with Crippen LogP contribution in [0.25, 0.3) is 0 Å². The Morgan fingerprint density at radius 1 is 1.28 bits per heavy atom. The molecular weight excluding hydrogens is 456 g/mol. The third kappa shape index (κ3) is 4.95. The van der Waals surface area contributed by atoms with Crippen LogP contribution in [0.1, 0.15) is 17.2 Å². The Morgan fingerprint density at radius 3 is 2.52 bits per heavy atom. The number of nitrogens with one attached hydrogen (secondary N) is 1. The summed E-state index contributed by atoms with van der Waals surface area (Å²) in [6, 6.07) is 10.8. The first-order valence-corrected chi connectivity index (χ1v) is 8.77. The number of aliphatic hydroxyl groups excluding tert-OH is 1. The average molecular weight is 470 g/mol. The molecule has 1 unspecified atom stereocenters. The van der Waals surface area contributed by atoms with Gasteiger partial charge < -0.3 is 20.3 Å². The summed E-state index contributed by atoms with van der Waals surface area (Å²) in [5.74, 6) is -0.756. The SMILES string of the molecule is N#Cc1ccc(NC(C(=O)O)c2cc(Br)cc(Br)c2OCCO)cc1. The molecule has 1 atom stereocenters. The molecular formula is C17H14Br2N2O4. The second-order valence-corrected chi connectivity index (χ2v) is 6.75. The predicted octanol–water partition coefficient (Wildman–Crippen LogP) is 3.69.